The molecule has 138 valence electrons. The van der Waals surface area contributed by atoms with Crippen molar-refractivity contribution < 1.29 is 9.72 Å². The second-order valence-corrected chi connectivity index (χ2v) is 6.68. The zero-order valence-electron chi connectivity index (χ0n) is 15.2. The molecular weight excluding hydrogens is 334 g/mol. The number of amides is 1. The summed E-state index contributed by atoms with van der Waals surface area (Å²) in [6, 6.07) is 7.55. The number of aryl methyl sites for hydroxylation is 1. The van der Waals surface area contributed by atoms with Crippen molar-refractivity contribution in [1.29, 1.82) is 0 Å². The third kappa shape index (κ3) is 3.45. The largest absolute Gasteiger partial charge is 0.333 e. The molecule has 3 rings (SSSR count). The Labute approximate surface area is 151 Å². The van der Waals surface area contributed by atoms with Gasteiger partial charge in [0, 0.05) is 31.2 Å². The van der Waals surface area contributed by atoms with Gasteiger partial charge in [-0.25, -0.2) is 0 Å². The highest BCUT2D eigenvalue weighted by molar-refractivity contribution is 5.94. The Morgan fingerprint density at radius 3 is 2.62 bits per heavy atom. The molecule has 1 amide bonds. The van der Waals surface area contributed by atoms with Gasteiger partial charge in [-0.05, 0) is 38.5 Å². The quantitative estimate of drug-likeness (QED) is 0.666. The fraction of sp³-hybridized carbons (Fsp3) is 0.444. The summed E-state index contributed by atoms with van der Waals surface area (Å²) in [6.45, 7) is 8.12. The highest BCUT2D eigenvalue weighted by Gasteiger charge is 2.24. The summed E-state index contributed by atoms with van der Waals surface area (Å²) in [4.78, 5) is 25.3. The lowest BCUT2D eigenvalue weighted by atomic mass is 10.1. The highest BCUT2D eigenvalue weighted by Crippen LogP contribution is 2.22. The van der Waals surface area contributed by atoms with Crippen molar-refractivity contribution in [3.05, 3.63) is 56.9 Å². The van der Waals surface area contributed by atoms with Crippen LogP contribution >= 0.6 is 0 Å². The van der Waals surface area contributed by atoms with Crippen molar-refractivity contribution in [3.8, 4) is 0 Å². The molecule has 1 aromatic heterocycles. The number of carbonyl (C=O) groups is 1. The third-order valence-electron chi connectivity index (χ3n) is 4.82. The van der Waals surface area contributed by atoms with Gasteiger partial charge in [0.2, 0.25) is 0 Å². The van der Waals surface area contributed by atoms with E-state index in [9.17, 15) is 14.9 Å². The Bertz CT molecular complexity index is 828. The number of piperazine rings is 1. The Hall–Kier alpha value is -2.74. The average molecular weight is 357 g/mol. The first-order valence-electron chi connectivity index (χ1n) is 8.67. The molecule has 0 aliphatic carbocycles. The van der Waals surface area contributed by atoms with E-state index in [2.05, 4.69) is 10.4 Å². The molecule has 2 aromatic rings. The van der Waals surface area contributed by atoms with Gasteiger partial charge in [0.05, 0.1) is 11.5 Å². The third-order valence-corrected chi connectivity index (χ3v) is 4.82. The number of nitro groups is 1. The average Bonchev–Trinajstić information content (AvgIpc) is 2.89. The van der Waals surface area contributed by atoms with Crippen LogP contribution in [0.25, 0.3) is 0 Å². The number of benzene rings is 1. The Morgan fingerprint density at radius 1 is 1.35 bits per heavy atom. The van der Waals surface area contributed by atoms with Gasteiger partial charge in [-0.1, -0.05) is 12.1 Å². The number of hydrogen-bond donors (Lipinski definition) is 1. The van der Waals surface area contributed by atoms with Gasteiger partial charge in [0.1, 0.15) is 11.4 Å². The maximum absolute atomic E-state index is 12.7. The Kier molecular flexibility index (Phi) is 5.03. The van der Waals surface area contributed by atoms with E-state index >= 15 is 0 Å². The summed E-state index contributed by atoms with van der Waals surface area (Å²) in [5, 5.41) is 18.6. The van der Waals surface area contributed by atoms with Gasteiger partial charge in [-0.3, -0.25) is 19.6 Å². The van der Waals surface area contributed by atoms with Crippen molar-refractivity contribution in [2.45, 2.75) is 33.4 Å². The molecule has 0 unspecified atom stereocenters. The van der Waals surface area contributed by atoms with Crippen LogP contribution in [0.3, 0.4) is 0 Å². The van der Waals surface area contributed by atoms with E-state index in [1.807, 2.05) is 36.1 Å². The van der Waals surface area contributed by atoms with E-state index in [4.69, 9.17) is 0 Å². The van der Waals surface area contributed by atoms with Gasteiger partial charge >= 0.3 is 5.69 Å². The van der Waals surface area contributed by atoms with Gasteiger partial charge in [0.25, 0.3) is 5.91 Å². The predicted molar refractivity (Wildman–Crippen MR) is 97.3 cm³/mol. The fourth-order valence-electron chi connectivity index (χ4n) is 3.34. The van der Waals surface area contributed by atoms with Crippen LogP contribution in [0.4, 0.5) is 5.69 Å². The molecule has 0 radical (unpaired) electrons. The molecule has 1 aliphatic rings. The molecule has 0 bridgehead atoms. The molecule has 1 aromatic carbocycles. The van der Waals surface area contributed by atoms with Crippen LogP contribution in [-0.4, -0.2) is 51.2 Å². The number of aromatic nitrogens is 2. The summed E-state index contributed by atoms with van der Waals surface area (Å²) < 4.78 is 1.63. The highest BCUT2D eigenvalue weighted by atomic mass is 16.6. The molecule has 2 heterocycles. The Balaban J connectivity index is 1.75. The summed E-state index contributed by atoms with van der Waals surface area (Å²) in [7, 11) is 0. The lowest BCUT2D eigenvalue weighted by Gasteiger charge is -2.34. The number of hydrogen-bond acceptors (Lipinski definition) is 5. The van der Waals surface area contributed by atoms with Crippen LogP contribution < -0.4 is 5.32 Å². The minimum Gasteiger partial charge on any atom is -0.333 e. The predicted octanol–water partition coefficient (Wildman–Crippen LogP) is 1.89. The van der Waals surface area contributed by atoms with Crippen LogP contribution in [0.5, 0.6) is 0 Å². The summed E-state index contributed by atoms with van der Waals surface area (Å²) in [5.74, 6) is 0.0345. The summed E-state index contributed by atoms with van der Waals surface area (Å²) in [6.07, 6.45) is 0. The van der Waals surface area contributed by atoms with Crippen LogP contribution in [-0.2, 0) is 6.54 Å². The molecule has 8 heteroatoms. The molecular formula is C18H23N5O3. The first-order chi connectivity index (χ1) is 12.4. The van der Waals surface area contributed by atoms with Crippen molar-refractivity contribution >= 4 is 11.6 Å². The van der Waals surface area contributed by atoms with Crippen molar-refractivity contribution in [2.75, 3.05) is 19.6 Å². The van der Waals surface area contributed by atoms with Crippen LogP contribution in [0.15, 0.2) is 24.3 Å². The van der Waals surface area contributed by atoms with Gasteiger partial charge in [-0.2, -0.15) is 5.10 Å². The number of nitrogens with zero attached hydrogens (tertiary/aromatic N) is 4. The van der Waals surface area contributed by atoms with Gasteiger partial charge in [-0.15, -0.1) is 0 Å². The minimum atomic E-state index is -0.398. The lowest BCUT2D eigenvalue weighted by Crippen LogP contribution is -2.52. The van der Waals surface area contributed by atoms with E-state index in [1.54, 1.807) is 18.5 Å². The van der Waals surface area contributed by atoms with E-state index in [0.29, 0.717) is 30.0 Å². The Morgan fingerprint density at radius 2 is 2.04 bits per heavy atom. The molecule has 0 saturated carbocycles. The van der Waals surface area contributed by atoms with E-state index < -0.39 is 4.92 Å². The second-order valence-electron chi connectivity index (χ2n) is 6.68. The number of carbonyl (C=O) groups excluding carboxylic acids is 1. The topological polar surface area (TPSA) is 93.3 Å². The maximum atomic E-state index is 12.7. The maximum Gasteiger partial charge on any atom is 0.312 e. The molecule has 8 nitrogen and oxygen atoms in total. The van der Waals surface area contributed by atoms with E-state index in [0.717, 1.165) is 18.7 Å². The second kappa shape index (κ2) is 7.25. The number of nitrogens with one attached hydrogen (secondary N) is 1. The fourth-order valence-corrected chi connectivity index (χ4v) is 3.34. The van der Waals surface area contributed by atoms with Crippen molar-refractivity contribution in [2.24, 2.45) is 0 Å². The normalized spacial score (nSPS) is 17.3. The standard InChI is InChI=1S/C18H23N5O3/c1-12-10-19-8-9-21(12)18(24)16-6-4-15(5-7-16)11-22-14(3)17(23(25)26)13(2)20-22/h4-7,12,19H,8-11H2,1-3H3/t12-/m0/s1. The van der Waals surface area contributed by atoms with Crippen LogP contribution in [0, 0.1) is 24.0 Å². The zero-order chi connectivity index (χ0) is 18.8. The lowest BCUT2D eigenvalue weighted by molar-refractivity contribution is -0.386. The summed E-state index contributed by atoms with van der Waals surface area (Å²) in [5.41, 5.74) is 2.59. The monoisotopic (exact) mass is 357 g/mol. The first-order valence-corrected chi connectivity index (χ1v) is 8.67. The van der Waals surface area contributed by atoms with Crippen molar-refractivity contribution in [1.82, 2.24) is 20.0 Å². The minimum absolute atomic E-state index is 0.0345. The molecule has 1 aliphatic heterocycles. The van der Waals surface area contributed by atoms with Crippen molar-refractivity contribution in [3.63, 3.8) is 0 Å². The molecule has 1 saturated heterocycles. The van der Waals surface area contributed by atoms with Gasteiger partial charge < -0.3 is 10.2 Å². The molecule has 1 atom stereocenters. The van der Waals surface area contributed by atoms with Gasteiger partial charge in [0.15, 0.2) is 0 Å². The molecule has 26 heavy (non-hydrogen) atoms. The summed E-state index contributed by atoms with van der Waals surface area (Å²) >= 11 is 0. The number of rotatable bonds is 4. The zero-order valence-corrected chi connectivity index (χ0v) is 15.2. The molecule has 0 spiro atoms. The van der Waals surface area contributed by atoms with E-state index in [1.165, 1.54) is 0 Å². The SMILES string of the molecule is Cc1nn(Cc2ccc(C(=O)N3CCNC[C@@H]3C)cc2)c(C)c1[N+](=O)[O-]. The first kappa shape index (κ1) is 18.1. The smallest absolute Gasteiger partial charge is 0.312 e. The van der Waals surface area contributed by atoms with Crippen LogP contribution in [0.1, 0.15) is 34.2 Å². The van der Waals surface area contributed by atoms with E-state index in [-0.39, 0.29) is 17.6 Å². The van der Waals surface area contributed by atoms with Crippen LogP contribution in [0.2, 0.25) is 0 Å². The molecule has 1 N–H and O–H groups in total. The molecule has 1 fully saturated rings.